The van der Waals surface area contributed by atoms with Crippen LogP contribution in [0, 0.1) is 6.92 Å². The van der Waals surface area contributed by atoms with Crippen LogP contribution in [0.2, 0.25) is 0 Å². The topological polar surface area (TPSA) is 150 Å². The van der Waals surface area contributed by atoms with E-state index in [4.69, 9.17) is 9.56 Å². The van der Waals surface area contributed by atoms with Crippen LogP contribution < -0.4 is 16.0 Å². The van der Waals surface area contributed by atoms with Gasteiger partial charge in [-0.25, -0.2) is 18.5 Å². The van der Waals surface area contributed by atoms with E-state index >= 15 is 0 Å². The number of pyridine rings is 1. The van der Waals surface area contributed by atoms with Crippen LogP contribution in [0.1, 0.15) is 21.8 Å². The fourth-order valence-corrected chi connectivity index (χ4v) is 3.63. The minimum absolute atomic E-state index is 0.0505. The number of carbonyl (C=O) groups excluding carboxylic acids is 1. The molecule has 3 aromatic heterocycles. The molecule has 0 fully saturated rings. The van der Waals surface area contributed by atoms with E-state index in [0.29, 0.717) is 11.4 Å². The highest BCUT2D eigenvalue weighted by atomic mass is 32.2. The number of furan rings is 1. The zero-order valence-corrected chi connectivity index (χ0v) is 17.1. The Morgan fingerprint density at radius 3 is 2.55 bits per heavy atom. The Labute approximate surface area is 176 Å². The quantitative estimate of drug-likeness (QED) is 0.480. The molecule has 1 amide bonds. The van der Waals surface area contributed by atoms with Crippen LogP contribution in [0.25, 0.3) is 11.1 Å². The fraction of sp³-hybridized carbons (Fsp3) is 0.100. The molecule has 4 aromatic rings. The number of aromatic nitrogens is 3. The van der Waals surface area contributed by atoms with Gasteiger partial charge in [0, 0.05) is 11.9 Å². The molecule has 0 aliphatic carbocycles. The molecule has 0 bridgehead atoms. The maximum absolute atomic E-state index is 13.1. The van der Waals surface area contributed by atoms with Crippen LogP contribution >= 0.6 is 0 Å². The van der Waals surface area contributed by atoms with Crippen LogP contribution in [-0.2, 0) is 16.6 Å². The summed E-state index contributed by atoms with van der Waals surface area (Å²) in [5.74, 6) is -0.358. The second kappa shape index (κ2) is 7.78. The molecule has 31 heavy (non-hydrogen) atoms. The van der Waals surface area contributed by atoms with Crippen molar-refractivity contribution in [2.45, 2.75) is 18.4 Å². The summed E-state index contributed by atoms with van der Waals surface area (Å²) in [6.45, 7) is 1.74. The first-order valence-corrected chi connectivity index (χ1v) is 10.6. The molecule has 1 aromatic carbocycles. The second-order valence-electron chi connectivity index (χ2n) is 6.74. The lowest BCUT2D eigenvalue weighted by atomic mass is 10.1. The number of hydrogen-bond donors (Lipinski definition) is 2. The summed E-state index contributed by atoms with van der Waals surface area (Å²) in [5.41, 5.74) is 0.644. The number of fused-ring (bicyclic) bond motifs is 1. The number of amides is 1. The first kappa shape index (κ1) is 20.4. The monoisotopic (exact) mass is 439 g/mol. The first-order chi connectivity index (χ1) is 14.7. The molecule has 0 aliphatic rings. The lowest BCUT2D eigenvalue weighted by Gasteiger charge is -2.07. The number of hydrogen-bond acceptors (Lipinski definition) is 7. The van der Waals surface area contributed by atoms with E-state index in [2.05, 4.69) is 15.3 Å². The lowest BCUT2D eigenvalue weighted by molar-refractivity contribution is 0.102. The highest BCUT2D eigenvalue weighted by molar-refractivity contribution is 7.89. The second-order valence-corrected chi connectivity index (χ2v) is 8.30. The van der Waals surface area contributed by atoms with Gasteiger partial charge < -0.3 is 9.73 Å². The van der Waals surface area contributed by atoms with Gasteiger partial charge in [-0.15, -0.1) is 0 Å². The Kier molecular flexibility index (Phi) is 5.13. The third kappa shape index (κ3) is 4.09. The number of nitrogens with zero attached hydrogens (tertiary/aromatic N) is 3. The predicted molar refractivity (Wildman–Crippen MR) is 112 cm³/mol. The summed E-state index contributed by atoms with van der Waals surface area (Å²) in [6.07, 6.45) is 2.96. The van der Waals surface area contributed by atoms with Crippen LogP contribution in [-0.4, -0.2) is 28.9 Å². The van der Waals surface area contributed by atoms with E-state index in [1.54, 1.807) is 31.3 Å². The van der Waals surface area contributed by atoms with Crippen LogP contribution in [0.15, 0.2) is 69.1 Å². The number of aryl methyl sites for hydroxylation is 1. The van der Waals surface area contributed by atoms with Crippen molar-refractivity contribution in [2.75, 3.05) is 5.32 Å². The summed E-state index contributed by atoms with van der Waals surface area (Å²) < 4.78 is 29.6. The van der Waals surface area contributed by atoms with Crippen molar-refractivity contribution in [3.8, 4) is 0 Å². The van der Waals surface area contributed by atoms with Crippen molar-refractivity contribution in [1.29, 1.82) is 0 Å². The van der Waals surface area contributed by atoms with Gasteiger partial charge in [-0.2, -0.15) is 0 Å². The highest BCUT2D eigenvalue weighted by Gasteiger charge is 2.23. The number of carbonyl (C=O) groups is 1. The molecule has 0 spiro atoms. The molecular formula is C20H17N5O5S. The normalized spacial score (nSPS) is 11.5. The van der Waals surface area contributed by atoms with Gasteiger partial charge >= 0.3 is 0 Å². The number of nitrogens with one attached hydrogen (secondary N) is 1. The van der Waals surface area contributed by atoms with E-state index in [0.717, 1.165) is 0 Å². The Hall–Kier alpha value is -3.83. The van der Waals surface area contributed by atoms with Crippen molar-refractivity contribution >= 4 is 32.7 Å². The SMILES string of the molecule is Cc1oc2ncn(Cc3ccccn3)c(=O)c2c1C(=O)Nc1ccc(S(N)(=O)=O)cc1. The minimum Gasteiger partial charge on any atom is -0.442 e. The smallest absolute Gasteiger partial charge is 0.265 e. The average Bonchev–Trinajstić information content (AvgIpc) is 3.07. The molecule has 0 unspecified atom stereocenters. The largest absolute Gasteiger partial charge is 0.442 e. The third-order valence-electron chi connectivity index (χ3n) is 4.58. The third-order valence-corrected chi connectivity index (χ3v) is 5.51. The van der Waals surface area contributed by atoms with Crippen molar-refractivity contribution < 1.29 is 17.6 Å². The van der Waals surface area contributed by atoms with Gasteiger partial charge in [0.05, 0.1) is 22.7 Å². The number of benzene rings is 1. The van der Waals surface area contributed by atoms with Gasteiger partial charge in [-0.05, 0) is 43.3 Å². The number of primary sulfonamides is 1. The average molecular weight is 439 g/mol. The Balaban J connectivity index is 1.69. The molecular weight excluding hydrogens is 422 g/mol. The standard InChI is InChI=1S/C20H17N5O5S/c1-12-16(18(26)24-13-5-7-15(8-6-13)31(21,28)29)17-19(30-12)23-11-25(20(17)27)10-14-4-2-3-9-22-14/h2-9,11H,10H2,1H3,(H,24,26)(H2,21,28,29). The Morgan fingerprint density at radius 2 is 1.90 bits per heavy atom. The van der Waals surface area contributed by atoms with Gasteiger partial charge in [0.1, 0.15) is 17.5 Å². The maximum Gasteiger partial charge on any atom is 0.265 e. The van der Waals surface area contributed by atoms with Gasteiger partial charge in [0.25, 0.3) is 11.5 Å². The number of anilines is 1. The lowest BCUT2D eigenvalue weighted by Crippen LogP contribution is -2.23. The molecule has 158 valence electrons. The van der Waals surface area contributed by atoms with Gasteiger partial charge in [-0.3, -0.25) is 19.1 Å². The van der Waals surface area contributed by atoms with E-state index in [1.807, 2.05) is 0 Å². The van der Waals surface area contributed by atoms with Gasteiger partial charge in [0.15, 0.2) is 0 Å². The van der Waals surface area contributed by atoms with Gasteiger partial charge in [0.2, 0.25) is 15.7 Å². The van der Waals surface area contributed by atoms with Crippen LogP contribution in [0.5, 0.6) is 0 Å². The fourth-order valence-electron chi connectivity index (χ4n) is 3.11. The molecule has 0 saturated heterocycles. The molecule has 4 rings (SSSR count). The Morgan fingerprint density at radius 1 is 1.16 bits per heavy atom. The Bertz CT molecular complexity index is 1440. The highest BCUT2D eigenvalue weighted by Crippen LogP contribution is 2.23. The molecule has 0 aliphatic heterocycles. The molecule has 11 heteroatoms. The zero-order valence-electron chi connectivity index (χ0n) is 16.3. The maximum atomic E-state index is 13.1. The van der Waals surface area contributed by atoms with Crippen molar-refractivity contribution in [1.82, 2.24) is 14.5 Å². The molecule has 0 radical (unpaired) electrons. The minimum atomic E-state index is -3.85. The molecule has 0 atom stereocenters. The zero-order chi connectivity index (χ0) is 22.2. The first-order valence-electron chi connectivity index (χ1n) is 9.06. The van der Waals surface area contributed by atoms with Crippen molar-refractivity contribution in [3.05, 3.63) is 82.4 Å². The van der Waals surface area contributed by atoms with Crippen LogP contribution in [0.3, 0.4) is 0 Å². The molecule has 3 N–H and O–H groups in total. The predicted octanol–water partition coefficient (Wildman–Crippen LogP) is 1.64. The van der Waals surface area contributed by atoms with Crippen molar-refractivity contribution in [3.63, 3.8) is 0 Å². The summed E-state index contributed by atoms with van der Waals surface area (Å²) in [5, 5.41) is 7.76. The molecule has 0 saturated carbocycles. The summed E-state index contributed by atoms with van der Waals surface area (Å²) in [4.78, 5) is 34.2. The van der Waals surface area contributed by atoms with Crippen molar-refractivity contribution in [2.24, 2.45) is 5.14 Å². The van der Waals surface area contributed by atoms with Crippen LogP contribution in [0.4, 0.5) is 5.69 Å². The van der Waals surface area contributed by atoms with E-state index in [-0.39, 0.29) is 33.9 Å². The number of rotatable bonds is 5. The van der Waals surface area contributed by atoms with E-state index < -0.39 is 21.5 Å². The number of nitrogens with two attached hydrogens (primary N) is 1. The molecule has 3 heterocycles. The molecule has 10 nitrogen and oxygen atoms in total. The number of sulfonamides is 1. The summed E-state index contributed by atoms with van der Waals surface area (Å²) >= 11 is 0. The van der Waals surface area contributed by atoms with E-state index in [1.165, 1.54) is 35.2 Å². The summed E-state index contributed by atoms with van der Waals surface area (Å²) in [7, 11) is -3.85. The summed E-state index contributed by atoms with van der Waals surface area (Å²) in [6, 6.07) is 10.7. The van der Waals surface area contributed by atoms with Gasteiger partial charge in [-0.1, -0.05) is 6.07 Å². The van der Waals surface area contributed by atoms with E-state index in [9.17, 15) is 18.0 Å².